The number of likely N-dealkylation sites (tertiary alicyclic amines) is 1. The van der Waals surface area contributed by atoms with Crippen molar-refractivity contribution in [1.82, 2.24) is 14.7 Å². The van der Waals surface area contributed by atoms with E-state index in [1.807, 2.05) is 37.8 Å². The number of aliphatic hydroxyl groups is 1. The summed E-state index contributed by atoms with van der Waals surface area (Å²) in [6.07, 6.45) is 1.05. The van der Waals surface area contributed by atoms with Crippen LogP contribution in [0.3, 0.4) is 0 Å². The molecule has 1 fully saturated rings. The van der Waals surface area contributed by atoms with Crippen molar-refractivity contribution in [2.75, 3.05) is 13.1 Å². The first-order valence-electron chi connectivity index (χ1n) is 8.57. The highest BCUT2D eigenvalue weighted by atomic mass is 35.5. The molecule has 25 heavy (non-hydrogen) atoms. The van der Waals surface area contributed by atoms with Gasteiger partial charge >= 0.3 is 0 Å². The molecule has 1 saturated heterocycles. The Kier molecular flexibility index (Phi) is 4.89. The summed E-state index contributed by atoms with van der Waals surface area (Å²) in [6, 6.07) is 7.30. The topological polar surface area (TPSA) is 58.4 Å². The quantitative estimate of drug-likeness (QED) is 0.914. The minimum atomic E-state index is -0.893. The molecule has 0 bridgehead atoms. The minimum Gasteiger partial charge on any atom is -0.385 e. The van der Waals surface area contributed by atoms with E-state index >= 15 is 0 Å². The highest BCUT2D eigenvalue weighted by Gasteiger charge is 2.35. The van der Waals surface area contributed by atoms with E-state index in [4.69, 9.17) is 11.6 Å². The van der Waals surface area contributed by atoms with Crippen LogP contribution >= 0.6 is 11.6 Å². The number of halogens is 1. The first-order chi connectivity index (χ1) is 11.8. The molecule has 0 spiro atoms. The van der Waals surface area contributed by atoms with E-state index in [9.17, 15) is 9.90 Å². The van der Waals surface area contributed by atoms with Crippen LogP contribution in [0.1, 0.15) is 35.4 Å². The van der Waals surface area contributed by atoms with E-state index in [2.05, 4.69) is 5.10 Å². The van der Waals surface area contributed by atoms with Gasteiger partial charge in [0.15, 0.2) is 0 Å². The SMILES string of the molecule is Cc1nn(CC(=O)N2CCC(O)(c3ccc(Cl)cc3)CC2)c(C)c1C. The number of hydrogen-bond acceptors (Lipinski definition) is 3. The third-order valence-electron chi connectivity index (χ3n) is 5.35. The minimum absolute atomic E-state index is 0.0451. The largest absolute Gasteiger partial charge is 0.385 e. The Morgan fingerprint density at radius 2 is 1.80 bits per heavy atom. The summed E-state index contributed by atoms with van der Waals surface area (Å²) in [5.74, 6) is 0.0451. The van der Waals surface area contributed by atoms with E-state index in [-0.39, 0.29) is 12.5 Å². The number of nitrogens with zero attached hydrogens (tertiary/aromatic N) is 3. The van der Waals surface area contributed by atoms with Crippen molar-refractivity contribution < 1.29 is 9.90 Å². The highest BCUT2D eigenvalue weighted by Crippen LogP contribution is 2.33. The maximum atomic E-state index is 12.6. The third-order valence-corrected chi connectivity index (χ3v) is 5.61. The second-order valence-electron chi connectivity index (χ2n) is 6.87. The fourth-order valence-corrected chi connectivity index (χ4v) is 3.47. The zero-order valence-corrected chi connectivity index (χ0v) is 15.7. The molecule has 3 rings (SSSR count). The average molecular weight is 362 g/mol. The Bertz CT molecular complexity index is 775. The molecule has 0 atom stereocenters. The number of piperidine rings is 1. The molecule has 6 heteroatoms. The summed E-state index contributed by atoms with van der Waals surface area (Å²) >= 11 is 5.92. The molecule has 5 nitrogen and oxygen atoms in total. The summed E-state index contributed by atoms with van der Waals surface area (Å²) in [7, 11) is 0. The molecule has 1 aromatic heterocycles. The van der Waals surface area contributed by atoms with E-state index in [1.54, 1.807) is 16.8 Å². The summed E-state index contributed by atoms with van der Waals surface area (Å²) < 4.78 is 1.77. The fraction of sp³-hybridized carbons (Fsp3) is 0.474. The standard InChI is InChI=1S/C19H24ClN3O2/c1-13-14(2)21-23(15(13)3)12-18(24)22-10-8-19(25,9-11-22)16-4-6-17(20)7-5-16/h4-7,25H,8-12H2,1-3H3. The molecule has 0 unspecified atom stereocenters. The molecule has 134 valence electrons. The van der Waals surface area contributed by atoms with Gasteiger partial charge in [0.25, 0.3) is 0 Å². The van der Waals surface area contributed by atoms with Crippen LogP contribution < -0.4 is 0 Å². The van der Waals surface area contributed by atoms with E-state index < -0.39 is 5.60 Å². The van der Waals surface area contributed by atoms with Gasteiger partial charge in [-0.3, -0.25) is 9.48 Å². The average Bonchev–Trinajstić information content (AvgIpc) is 2.83. The van der Waals surface area contributed by atoms with Crippen molar-refractivity contribution in [2.45, 2.75) is 45.8 Å². The predicted octanol–water partition coefficient (Wildman–Crippen LogP) is 2.97. The summed E-state index contributed by atoms with van der Waals surface area (Å²) in [4.78, 5) is 14.4. The Balaban J connectivity index is 1.64. The zero-order valence-electron chi connectivity index (χ0n) is 14.9. The molecule has 1 aliphatic heterocycles. The van der Waals surface area contributed by atoms with Crippen molar-refractivity contribution in [2.24, 2.45) is 0 Å². The van der Waals surface area contributed by atoms with Gasteiger partial charge in [0, 0.05) is 23.8 Å². The van der Waals surface area contributed by atoms with Crippen LogP contribution in [-0.4, -0.2) is 38.8 Å². The van der Waals surface area contributed by atoms with Gasteiger partial charge < -0.3 is 10.0 Å². The molecule has 1 amide bonds. The Morgan fingerprint density at radius 3 is 2.32 bits per heavy atom. The Hall–Kier alpha value is -1.85. The van der Waals surface area contributed by atoms with Gasteiger partial charge in [0.2, 0.25) is 5.91 Å². The smallest absolute Gasteiger partial charge is 0.244 e. The van der Waals surface area contributed by atoms with Crippen LogP contribution in [0.2, 0.25) is 5.02 Å². The highest BCUT2D eigenvalue weighted by molar-refractivity contribution is 6.30. The van der Waals surface area contributed by atoms with Crippen LogP contribution in [0.5, 0.6) is 0 Å². The second-order valence-corrected chi connectivity index (χ2v) is 7.31. The van der Waals surface area contributed by atoms with Crippen molar-refractivity contribution >= 4 is 17.5 Å². The molecule has 0 aliphatic carbocycles. The Morgan fingerprint density at radius 1 is 1.20 bits per heavy atom. The molecule has 2 aromatic rings. The van der Waals surface area contributed by atoms with Gasteiger partial charge in [-0.1, -0.05) is 23.7 Å². The zero-order chi connectivity index (χ0) is 18.2. The number of carbonyl (C=O) groups is 1. The monoisotopic (exact) mass is 361 g/mol. The number of benzene rings is 1. The number of carbonyl (C=O) groups excluding carboxylic acids is 1. The fourth-order valence-electron chi connectivity index (χ4n) is 3.34. The van der Waals surface area contributed by atoms with Crippen molar-refractivity contribution in [3.8, 4) is 0 Å². The number of hydrogen-bond donors (Lipinski definition) is 1. The molecule has 0 saturated carbocycles. The lowest BCUT2D eigenvalue weighted by Gasteiger charge is -2.38. The molecule has 2 heterocycles. The summed E-state index contributed by atoms with van der Waals surface area (Å²) in [6.45, 7) is 7.28. The van der Waals surface area contributed by atoms with Crippen LogP contribution in [0.15, 0.2) is 24.3 Å². The number of amides is 1. The molecule has 0 radical (unpaired) electrons. The second kappa shape index (κ2) is 6.81. The van der Waals surface area contributed by atoms with Gasteiger partial charge in [0.05, 0.1) is 11.3 Å². The number of rotatable bonds is 3. The molecule has 1 aromatic carbocycles. The normalized spacial score (nSPS) is 16.9. The first-order valence-corrected chi connectivity index (χ1v) is 8.95. The van der Waals surface area contributed by atoms with Crippen LogP contribution in [0.25, 0.3) is 0 Å². The predicted molar refractivity (Wildman–Crippen MR) is 97.6 cm³/mol. The number of aryl methyl sites for hydroxylation is 1. The van der Waals surface area contributed by atoms with Gasteiger partial charge in [0.1, 0.15) is 6.54 Å². The summed E-state index contributed by atoms with van der Waals surface area (Å²) in [5, 5.41) is 16.0. The van der Waals surface area contributed by atoms with Crippen molar-refractivity contribution in [3.05, 3.63) is 51.8 Å². The van der Waals surface area contributed by atoms with E-state index in [1.165, 1.54) is 0 Å². The van der Waals surface area contributed by atoms with Crippen molar-refractivity contribution in [1.29, 1.82) is 0 Å². The molecular weight excluding hydrogens is 338 g/mol. The third kappa shape index (κ3) is 3.58. The van der Waals surface area contributed by atoms with E-state index in [0.29, 0.717) is 31.0 Å². The summed E-state index contributed by atoms with van der Waals surface area (Å²) in [5.41, 5.74) is 3.08. The van der Waals surface area contributed by atoms with Crippen LogP contribution in [0.4, 0.5) is 0 Å². The van der Waals surface area contributed by atoms with Gasteiger partial charge in [-0.05, 0) is 56.9 Å². The van der Waals surface area contributed by atoms with Crippen LogP contribution in [0, 0.1) is 20.8 Å². The van der Waals surface area contributed by atoms with E-state index in [0.717, 1.165) is 22.5 Å². The van der Waals surface area contributed by atoms with Gasteiger partial charge in [-0.25, -0.2) is 0 Å². The maximum absolute atomic E-state index is 12.6. The lowest BCUT2D eigenvalue weighted by atomic mass is 9.84. The Labute approximate surface area is 153 Å². The first kappa shape index (κ1) is 18.0. The number of aromatic nitrogens is 2. The lowest BCUT2D eigenvalue weighted by Crippen LogP contribution is -2.46. The lowest BCUT2D eigenvalue weighted by molar-refractivity contribution is -0.136. The molecular formula is C19H24ClN3O2. The molecule has 1 aliphatic rings. The molecule has 1 N–H and O–H groups in total. The van der Waals surface area contributed by atoms with Crippen molar-refractivity contribution in [3.63, 3.8) is 0 Å². The van der Waals surface area contributed by atoms with Gasteiger partial charge in [-0.2, -0.15) is 5.10 Å². The maximum Gasteiger partial charge on any atom is 0.244 e. The van der Waals surface area contributed by atoms with Gasteiger partial charge in [-0.15, -0.1) is 0 Å². The van der Waals surface area contributed by atoms with Crippen LogP contribution in [-0.2, 0) is 16.9 Å².